The Labute approximate surface area is 138 Å². The smallest absolute Gasteiger partial charge is 0.246 e. The van der Waals surface area contributed by atoms with Gasteiger partial charge >= 0.3 is 0 Å². The van der Waals surface area contributed by atoms with Gasteiger partial charge in [0, 0.05) is 0 Å². The highest BCUT2D eigenvalue weighted by molar-refractivity contribution is 7.13. The van der Waals surface area contributed by atoms with Crippen molar-refractivity contribution in [2.45, 2.75) is 25.8 Å². The zero-order chi connectivity index (χ0) is 16.1. The maximum Gasteiger partial charge on any atom is 0.246 e. The van der Waals surface area contributed by atoms with Crippen LogP contribution in [0.3, 0.4) is 0 Å². The number of aromatic nitrogens is 2. The number of hydrogen-bond acceptors (Lipinski definition) is 5. The second-order valence-corrected chi connectivity index (χ2v) is 6.03. The van der Waals surface area contributed by atoms with E-state index in [4.69, 9.17) is 4.52 Å². The van der Waals surface area contributed by atoms with Crippen molar-refractivity contribution in [2.24, 2.45) is 0 Å². The molecule has 0 fully saturated rings. The monoisotopic (exact) mass is 327 g/mol. The molecule has 0 aliphatic carbocycles. The third-order valence-corrected chi connectivity index (χ3v) is 4.42. The van der Waals surface area contributed by atoms with Crippen molar-refractivity contribution in [1.82, 2.24) is 15.5 Å². The second-order valence-electron chi connectivity index (χ2n) is 5.08. The number of hydrogen-bond donors (Lipinski definition) is 1. The molecule has 3 rings (SSSR count). The molecule has 0 saturated heterocycles. The zero-order valence-corrected chi connectivity index (χ0v) is 13.5. The first-order valence-electron chi connectivity index (χ1n) is 7.47. The lowest BCUT2D eigenvalue weighted by atomic mass is 9.96. The van der Waals surface area contributed by atoms with Gasteiger partial charge in [-0.05, 0) is 23.4 Å². The molecule has 1 amide bonds. The normalized spacial score (nSPS) is 12.0. The fourth-order valence-electron chi connectivity index (χ4n) is 2.38. The molecule has 1 aromatic carbocycles. The van der Waals surface area contributed by atoms with E-state index >= 15 is 0 Å². The largest absolute Gasteiger partial charge is 0.346 e. The van der Waals surface area contributed by atoms with E-state index in [2.05, 4.69) is 15.5 Å². The van der Waals surface area contributed by atoms with Crippen LogP contribution in [-0.2, 0) is 11.3 Å². The Bertz CT molecular complexity index is 753. The molecule has 0 aliphatic heterocycles. The second kappa shape index (κ2) is 7.19. The number of thiophene rings is 1. The Morgan fingerprint density at radius 3 is 2.78 bits per heavy atom. The van der Waals surface area contributed by atoms with Crippen LogP contribution in [-0.4, -0.2) is 16.0 Å². The van der Waals surface area contributed by atoms with Gasteiger partial charge in [0.1, 0.15) is 0 Å². The first-order valence-corrected chi connectivity index (χ1v) is 8.35. The highest BCUT2D eigenvalue weighted by atomic mass is 32.1. The lowest BCUT2D eigenvalue weighted by Crippen LogP contribution is -2.28. The van der Waals surface area contributed by atoms with Gasteiger partial charge in [0.25, 0.3) is 0 Å². The highest BCUT2D eigenvalue weighted by Gasteiger charge is 2.19. The van der Waals surface area contributed by atoms with E-state index in [1.54, 1.807) is 11.3 Å². The van der Waals surface area contributed by atoms with Gasteiger partial charge in [0.2, 0.25) is 17.6 Å². The standard InChI is InChI=1S/C17H17N3O2S/c1-2-13(12-7-4-3-5-8-12)17(21)18-11-15-19-16(20-22-15)14-9-6-10-23-14/h3-10,13H,2,11H2,1H3,(H,18,21). The molecule has 0 aliphatic rings. The predicted molar refractivity (Wildman–Crippen MR) is 88.9 cm³/mol. The van der Waals surface area contributed by atoms with Gasteiger partial charge in [0.05, 0.1) is 17.3 Å². The molecule has 2 heterocycles. The van der Waals surface area contributed by atoms with E-state index in [9.17, 15) is 4.79 Å². The number of carbonyl (C=O) groups is 1. The van der Waals surface area contributed by atoms with Crippen molar-refractivity contribution < 1.29 is 9.32 Å². The average Bonchev–Trinajstić information content (AvgIpc) is 3.26. The van der Waals surface area contributed by atoms with Crippen molar-refractivity contribution in [3.8, 4) is 10.7 Å². The van der Waals surface area contributed by atoms with Crippen LogP contribution in [0, 0.1) is 0 Å². The Morgan fingerprint density at radius 2 is 2.09 bits per heavy atom. The summed E-state index contributed by atoms with van der Waals surface area (Å²) in [5.41, 5.74) is 1.01. The van der Waals surface area contributed by atoms with Crippen LogP contribution in [0.1, 0.15) is 30.7 Å². The molecule has 0 radical (unpaired) electrons. The maximum atomic E-state index is 12.4. The van der Waals surface area contributed by atoms with Crippen LogP contribution in [0.15, 0.2) is 52.4 Å². The number of carbonyl (C=O) groups excluding carboxylic acids is 1. The van der Waals surface area contributed by atoms with Crippen molar-refractivity contribution in [3.63, 3.8) is 0 Å². The number of benzene rings is 1. The van der Waals surface area contributed by atoms with Crippen LogP contribution in [0.25, 0.3) is 10.7 Å². The van der Waals surface area contributed by atoms with Gasteiger partial charge in [-0.2, -0.15) is 4.98 Å². The van der Waals surface area contributed by atoms with Gasteiger partial charge in [0.15, 0.2) is 0 Å². The fourth-order valence-corrected chi connectivity index (χ4v) is 3.03. The molecular formula is C17H17N3O2S. The maximum absolute atomic E-state index is 12.4. The van der Waals surface area contributed by atoms with Gasteiger partial charge in [-0.25, -0.2) is 0 Å². The van der Waals surface area contributed by atoms with Crippen molar-refractivity contribution in [1.29, 1.82) is 0 Å². The molecule has 6 heteroatoms. The molecule has 1 unspecified atom stereocenters. The summed E-state index contributed by atoms with van der Waals surface area (Å²) in [6.45, 7) is 2.24. The summed E-state index contributed by atoms with van der Waals surface area (Å²) in [6.07, 6.45) is 0.736. The molecular weight excluding hydrogens is 310 g/mol. The van der Waals surface area contributed by atoms with Gasteiger partial charge in [-0.3, -0.25) is 4.79 Å². The van der Waals surface area contributed by atoms with E-state index in [1.165, 1.54) is 0 Å². The number of nitrogens with one attached hydrogen (secondary N) is 1. The third-order valence-electron chi connectivity index (χ3n) is 3.55. The molecule has 0 spiro atoms. The van der Waals surface area contributed by atoms with Crippen LogP contribution in [0.4, 0.5) is 0 Å². The summed E-state index contributed by atoms with van der Waals surface area (Å²) < 4.78 is 5.19. The minimum Gasteiger partial charge on any atom is -0.346 e. The summed E-state index contributed by atoms with van der Waals surface area (Å²) in [5.74, 6) is 0.759. The molecule has 1 atom stereocenters. The van der Waals surface area contributed by atoms with Crippen molar-refractivity contribution >= 4 is 17.2 Å². The fraction of sp³-hybridized carbons (Fsp3) is 0.235. The first-order chi connectivity index (χ1) is 11.3. The molecule has 5 nitrogen and oxygen atoms in total. The SMILES string of the molecule is CCC(C(=O)NCc1nc(-c2cccs2)no1)c1ccccc1. The number of nitrogens with zero attached hydrogens (tertiary/aromatic N) is 2. The summed E-state index contributed by atoms with van der Waals surface area (Å²) in [7, 11) is 0. The molecule has 3 aromatic rings. The van der Waals surface area contributed by atoms with E-state index in [-0.39, 0.29) is 18.4 Å². The van der Waals surface area contributed by atoms with Crippen LogP contribution in [0.2, 0.25) is 0 Å². The summed E-state index contributed by atoms with van der Waals surface area (Å²) >= 11 is 1.55. The molecule has 23 heavy (non-hydrogen) atoms. The van der Waals surface area contributed by atoms with E-state index in [0.717, 1.165) is 16.9 Å². The van der Waals surface area contributed by atoms with Gasteiger partial charge in [-0.15, -0.1) is 11.3 Å². The van der Waals surface area contributed by atoms with Gasteiger partial charge in [-0.1, -0.05) is 48.5 Å². The number of rotatable bonds is 6. The number of amides is 1. The van der Waals surface area contributed by atoms with Crippen LogP contribution < -0.4 is 5.32 Å². The quantitative estimate of drug-likeness (QED) is 0.751. The molecule has 118 valence electrons. The molecule has 0 bridgehead atoms. The van der Waals surface area contributed by atoms with Crippen LogP contribution >= 0.6 is 11.3 Å². The predicted octanol–water partition coefficient (Wildman–Crippen LogP) is 3.61. The Kier molecular flexibility index (Phi) is 4.83. The van der Waals surface area contributed by atoms with E-state index < -0.39 is 0 Å². The topological polar surface area (TPSA) is 68.0 Å². The summed E-state index contributed by atoms with van der Waals surface area (Å²) in [6, 6.07) is 13.6. The van der Waals surface area contributed by atoms with Crippen molar-refractivity contribution in [2.75, 3.05) is 0 Å². The Balaban J connectivity index is 1.62. The van der Waals surface area contributed by atoms with Crippen molar-refractivity contribution in [3.05, 3.63) is 59.3 Å². The minimum atomic E-state index is -0.170. The summed E-state index contributed by atoms with van der Waals surface area (Å²) in [4.78, 5) is 17.6. The third kappa shape index (κ3) is 3.65. The molecule has 1 N–H and O–H groups in total. The van der Waals surface area contributed by atoms with Crippen LogP contribution in [0.5, 0.6) is 0 Å². The minimum absolute atomic E-state index is 0.0328. The lowest BCUT2D eigenvalue weighted by molar-refractivity contribution is -0.122. The summed E-state index contributed by atoms with van der Waals surface area (Å²) in [5, 5.41) is 8.77. The Morgan fingerprint density at radius 1 is 1.26 bits per heavy atom. The highest BCUT2D eigenvalue weighted by Crippen LogP contribution is 2.22. The molecule has 0 saturated carbocycles. The first kappa shape index (κ1) is 15.4. The lowest BCUT2D eigenvalue weighted by Gasteiger charge is -2.14. The Hall–Kier alpha value is -2.47. The zero-order valence-electron chi connectivity index (χ0n) is 12.7. The van der Waals surface area contributed by atoms with Gasteiger partial charge < -0.3 is 9.84 Å². The van der Waals surface area contributed by atoms with E-state index in [0.29, 0.717) is 11.7 Å². The molecule has 2 aromatic heterocycles. The average molecular weight is 327 g/mol. The van der Waals surface area contributed by atoms with E-state index in [1.807, 2.05) is 54.8 Å².